The van der Waals surface area contributed by atoms with Crippen LogP contribution in [0.1, 0.15) is 38.8 Å². The van der Waals surface area contributed by atoms with Crippen LogP contribution in [0.3, 0.4) is 0 Å². The fraction of sp³-hybridized carbons (Fsp3) is 0.583. The summed E-state index contributed by atoms with van der Waals surface area (Å²) >= 11 is 0. The molecule has 2 atom stereocenters. The van der Waals surface area contributed by atoms with E-state index in [1.165, 1.54) is 6.07 Å². The zero-order valence-electron chi connectivity index (χ0n) is 10.5. The molecule has 1 N–H and O–H groups in total. The Labute approximate surface area is 101 Å². The van der Waals surface area contributed by atoms with Gasteiger partial charge < -0.3 is 5.32 Å². The van der Waals surface area contributed by atoms with Crippen LogP contribution in [0.4, 0.5) is 5.69 Å². The van der Waals surface area contributed by atoms with Crippen LogP contribution in [0.15, 0.2) is 18.3 Å². The third-order valence-corrected chi connectivity index (χ3v) is 2.91. The van der Waals surface area contributed by atoms with Crippen LogP contribution in [0.2, 0.25) is 0 Å². The Morgan fingerprint density at radius 3 is 2.82 bits per heavy atom. The van der Waals surface area contributed by atoms with E-state index >= 15 is 0 Å². The van der Waals surface area contributed by atoms with Gasteiger partial charge in [-0.1, -0.05) is 13.8 Å². The van der Waals surface area contributed by atoms with Gasteiger partial charge in [0.2, 0.25) is 0 Å². The van der Waals surface area contributed by atoms with Crippen LogP contribution in [0, 0.1) is 10.1 Å². The van der Waals surface area contributed by atoms with Crippen LogP contribution in [-0.2, 0) is 0 Å². The van der Waals surface area contributed by atoms with E-state index in [0.717, 1.165) is 13.0 Å². The molecule has 2 unspecified atom stereocenters. The molecule has 0 amide bonds. The van der Waals surface area contributed by atoms with Crippen molar-refractivity contribution in [2.75, 3.05) is 6.54 Å². The van der Waals surface area contributed by atoms with E-state index in [9.17, 15) is 10.1 Å². The Bertz CT molecular complexity index is 382. The van der Waals surface area contributed by atoms with Crippen molar-refractivity contribution in [1.29, 1.82) is 0 Å². The molecule has 0 bridgehead atoms. The van der Waals surface area contributed by atoms with Gasteiger partial charge in [0.25, 0.3) is 5.69 Å². The van der Waals surface area contributed by atoms with Crippen LogP contribution in [0.25, 0.3) is 0 Å². The van der Waals surface area contributed by atoms with Gasteiger partial charge in [-0.3, -0.25) is 15.1 Å². The van der Waals surface area contributed by atoms with E-state index in [1.54, 1.807) is 12.3 Å². The quantitative estimate of drug-likeness (QED) is 0.609. The molecule has 17 heavy (non-hydrogen) atoms. The minimum atomic E-state index is -0.370. The fourth-order valence-corrected chi connectivity index (χ4v) is 1.70. The number of nitro groups is 1. The highest BCUT2D eigenvalue weighted by atomic mass is 16.6. The number of pyridine rings is 1. The summed E-state index contributed by atoms with van der Waals surface area (Å²) < 4.78 is 0. The monoisotopic (exact) mass is 237 g/mol. The molecule has 0 aliphatic carbocycles. The van der Waals surface area contributed by atoms with Crippen LogP contribution in [0.5, 0.6) is 0 Å². The summed E-state index contributed by atoms with van der Waals surface area (Å²) in [6, 6.07) is 3.27. The molecule has 5 nitrogen and oxygen atoms in total. The molecule has 0 radical (unpaired) electrons. The van der Waals surface area contributed by atoms with Crippen molar-refractivity contribution in [3.8, 4) is 0 Å². The third-order valence-electron chi connectivity index (χ3n) is 2.91. The normalized spacial score (nSPS) is 14.3. The van der Waals surface area contributed by atoms with Gasteiger partial charge in [-0.2, -0.15) is 0 Å². The average molecular weight is 237 g/mol. The van der Waals surface area contributed by atoms with Gasteiger partial charge in [0.05, 0.1) is 4.92 Å². The van der Waals surface area contributed by atoms with Crippen molar-refractivity contribution < 1.29 is 4.92 Å². The van der Waals surface area contributed by atoms with E-state index in [-0.39, 0.29) is 22.6 Å². The topological polar surface area (TPSA) is 68.1 Å². The fourth-order valence-electron chi connectivity index (χ4n) is 1.70. The molecular weight excluding hydrogens is 218 g/mol. The first-order valence-corrected chi connectivity index (χ1v) is 5.90. The molecule has 0 fully saturated rings. The molecule has 1 aromatic heterocycles. The van der Waals surface area contributed by atoms with Crippen molar-refractivity contribution in [2.24, 2.45) is 0 Å². The SMILES string of the molecule is CCCNC(C)C(C)c1ncccc1[N+](=O)[O-]. The number of nitrogens with zero attached hydrogens (tertiary/aromatic N) is 2. The maximum atomic E-state index is 10.9. The molecular formula is C12H19N3O2. The van der Waals surface area contributed by atoms with Crippen molar-refractivity contribution in [3.63, 3.8) is 0 Å². The van der Waals surface area contributed by atoms with Gasteiger partial charge in [0.1, 0.15) is 5.69 Å². The van der Waals surface area contributed by atoms with Crippen LogP contribution >= 0.6 is 0 Å². The maximum absolute atomic E-state index is 10.9. The second-order valence-electron chi connectivity index (χ2n) is 4.20. The molecule has 1 aromatic rings. The van der Waals surface area contributed by atoms with Gasteiger partial charge in [0, 0.05) is 24.2 Å². The molecule has 1 heterocycles. The summed E-state index contributed by atoms with van der Waals surface area (Å²) in [5.41, 5.74) is 0.652. The first kappa shape index (κ1) is 13.6. The van der Waals surface area contributed by atoms with Crippen LogP contribution < -0.4 is 5.32 Å². The molecule has 0 aromatic carbocycles. The van der Waals surface area contributed by atoms with Crippen molar-refractivity contribution in [3.05, 3.63) is 34.1 Å². The highest BCUT2D eigenvalue weighted by Gasteiger charge is 2.23. The third kappa shape index (κ3) is 3.49. The standard InChI is InChI=1S/C12H19N3O2/c1-4-7-13-10(3)9(2)12-11(15(16)17)6-5-8-14-12/h5-6,8-10,13H,4,7H2,1-3H3. The summed E-state index contributed by atoms with van der Waals surface area (Å²) in [5.74, 6) is 0.0168. The average Bonchev–Trinajstić information content (AvgIpc) is 2.34. The van der Waals surface area contributed by atoms with E-state index < -0.39 is 0 Å². The lowest BCUT2D eigenvalue weighted by Gasteiger charge is -2.20. The lowest BCUT2D eigenvalue weighted by molar-refractivity contribution is -0.386. The minimum absolute atomic E-state index is 0.0168. The second kappa shape index (κ2) is 6.30. The zero-order valence-corrected chi connectivity index (χ0v) is 10.5. The van der Waals surface area contributed by atoms with Gasteiger partial charge in [0.15, 0.2) is 0 Å². The molecule has 0 saturated carbocycles. The van der Waals surface area contributed by atoms with Gasteiger partial charge >= 0.3 is 0 Å². The van der Waals surface area contributed by atoms with Crippen LogP contribution in [-0.4, -0.2) is 22.5 Å². The lowest BCUT2D eigenvalue weighted by atomic mass is 9.97. The molecule has 1 rings (SSSR count). The molecule has 5 heteroatoms. The Morgan fingerprint density at radius 2 is 2.24 bits per heavy atom. The molecule has 0 spiro atoms. The molecule has 0 saturated heterocycles. The maximum Gasteiger partial charge on any atom is 0.291 e. The summed E-state index contributed by atoms with van der Waals surface area (Å²) in [4.78, 5) is 14.7. The largest absolute Gasteiger partial charge is 0.314 e. The van der Waals surface area contributed by atoms with Crippen molar-refractivity contribution in [2.45, 2.75) is 39.2 Å². The first-order chi connectivity index (χ1) is 8.07. The number of hydrogen-bond donors (Lipinski definition) is 1. The highest BCUT2D eigenvalue weighted by molar-refractivity contribution is 5.37. The second-order valence-corrected chi connectivity index (χ2v) is 4.20. The number of rotatable bonds is 6. The van der Waals surface area contributed by atoms with Gasteiger partial charge in [-0.05, 0) is 26.0 Å². The number of hydrogen-bond acceptors (Lipinski definition) is 4. The number of nitrogens with one attached hydrogen (secondary N) is 1. The first-order valence-electron chi connectivity index (χ1n) is 5.90. The molecule has 94 valence electrons. The summed E-state index contributed by atoms with van der Waals surface area (Å²) in [6.45, 7) is 6.99. The molecule has 0 aliphatic heterocycles. The Hall–Kier alpha value is -1.49. The predicted octanol–water partition coefficient (Wildman–Crippen LogP) is 2.48. The van der Waals surface area contributed by atoms with E-state index in [4.69, 9.17) is 0 Å². The van der Waals surface area contributed by atoms with Crippen molar-refractivity contribution in [1.82, 2.24) is 10.3 Å². The predicted molar refractivity (Wildman–Crippen MR) is 67.1 cm³/mol. The minimum Gasteiger partial charge on any atom is -0.314 e. The summed E-state index contributed by atoms with van der Waals surface area (Å²) in [5, 5.41) is 14.2. The van der Waals surface area contributed by atoms with E-state index in [0.29, 0.717) is 5.69 Å². The zero-order chi connectivity index (χ0) is 12.8. The van der Waals surface area contributed by atoms with E-state index in [1.807, 2.05) is 13.8 Å². The van der Waals surface area contributed by atoms with Crippen molar-refractivity contribution >= 4 is 5.69 Å². The Kier molecular flexibility index (Phi) is 5.03. The van der Waals surface area contributed by atoms with Gasteiger partial charge in [-0.25, -0.2) is 0 Å². The highest BCUT2D eigenvalue weighted by Crippen LogP contribution is 2.26. The van der Waals surface area contributed by atoms with Gasteiger partial charge in [-0.15, -0.1) is 0 Å². The summed E-state index contributed by atoms with van der Waals surface area (Å²) in [6.07, 6.45) is 2.65. The summed E-state index contributed by atoms with van der Waals surface area (Å²) in [7, 11) is 0. The smallest absolute Gasteiger partial charge is 0.291 e. The van der Waals surface area contributed by atoms with E-state index in [2.05, 4.69) is 17.2 Å². The Balaban J connectivity index is 2.87. The lowest BCUT2D eigenvalue weighted by Crippen LogP contribution is -2.32. The molecule has 0 aliphatic rings. The number of aromatic nitrogens is 1. The Morgan fingerprint density at radius 1 is 1.53 bits per heavy atom.